The number of para-hydroxylation sites is 2. The first-order chi connectivity index (χ1) is 29.2. The normalized spacial score (nSPS) is 11.7. The zero-order valence-electron chi connectivity index (χ0n) is 32.1. The zero-order chi connectivity index (χ0) is 38.9. The fourth-order valence-corrected chi connectivity index (χ4v) is 10.3. The zero-order valence-corrected chi connectivity index (χ0v) is 32.9. The van der Waals surface area contributed by atoms with Crippen molar-refractivity contribution in [2.75, 3.05) is 4.90 Å². The van der Waals surface area contributed by atoms with Crippen molar-refractivity contribution >= 4 is 91.9 Å². The largest absolute Gasteiger partial charge is 0.310 e. The fraction of sp³-hybridized carbons (Fsp3) is 0. The molecular formula is C56H36N2S. The van der Waals surface area contributed by atoms with Crippen molar-refractivity contribution in [1.29, 1.82) is 0 Å². The smallest absolute Gasteiger partial charge is 0.0547 e. The molecule has 0 amide bonds. The highest BCUT2D eigenvalue weighted by atomic mass is 32.1. The van der Waals surface area contributed by atoms with E-state index in [1.807, 2.05) is 11.3 Å². The maximum absolute atomic E-state index is 2.40. The van der Waals surface area contributed by atoms with Gasteiger partial charge in [0.2, 0.25) is 0 Å². The minimum Gasteiger partial charge on any atom is -0.310 e. The van der Waals surface area contributed by atoms with E-state index in [0.717, 1.165) is 22.7 Å². The Morgan fingerprint density at radius 3 is 1.75 bits per heavy atom. The van der Waals surface area contributed by atoms with Crippen LogP contribution in [-0.2, 0) is 0 Å². The lowest BCUT2D eigenvalue weighted by Gasteiger charge is -2.26. The standard InChI is InChI=1S/C56H36N2S/c1-2-12-42(13-3-1)58-52-18-8-6-16-49(52)56-47(17-10-19-53(56)58)39-25-31-44(32-26-39)57(45-33-27-40-22-21-38-11-4-5-14-46(38)50(40)36-45)43-29-23-37(24-30-43)41-28-34-55-51(35-41)48-15-7-9-20-54(48)59-55/h1-36H. The number of hydrogen-bond donors (Lipinski definition) is 0. The number of anilines is 3. The van der Waals surface area contributed by atoms with Crippen molar-refractivity contribution < 1.29 is 0 Å². The van der Waals surface area contributed by atoms with Crippen LogP contribution in [0, 0.1) is 0 Å². The molecule has 0 aliphatic heterocycles. The molecule has 0 aliphatic carbocycles. The molecule has 0 aliphatic rings. The lowest BCUT2D eigenvalue weighted by atomic mass is 9.98. The van der Waals surface area contributed by atoms with E-state index in [2.05, 4.69) is 228 Å². The van der Waals surface area contributed by atoms with Gasteiger partial charge < -0.3 is 9.47 Å². The van der Waals surface area contributed by atoms with Crippen LogP contribution in [0.3, 0.4) is 0 Å². The van der Waals surface area contributed by atoms with Gasteiger partial charge in [0.05, 0.1) is 11.0 Å². The molecule has 0 bridgehead atoms. The molecule has 0 unspecified atom stereocenters. The quantitative estimate of drug-likeness (QED) is 0.153. The van der Waals surface area contributed by atoms with Gasteiger partial charge in [-0.15, -0.1) is 11.3 Å². The molecule has 0 spiro atoms. The van der Waals surface area contributed by atoms with E-state index in [1.165, 1.54) is 85.8 Å². The van der Waals surface area contributed by atoms with Crippen LogP contribution in [0.4, 0.5) is 17.1 Å². The van der Waals surface area contributed by atoms with Crippen LogP contribution in [0.25, 0.3) is 91.5 Å². The van der Waals surface area contributed by atoms with Crippen LogP contribution in [0.1, 0.15) is 0 Å². The summed E-state index contributed by atoms with van der Waals surface area (Å²) in [7, 11) is 0. The van der Waals surface area contributed by atoms with Gasteiger partial charge in [-0.2, -0.15) is 0 Å². The molecule has 0 saturated heterocycles. The minimum atomic E-state index is 1.10. The summed E-state index contributed by atoms with van der Waals surface area (Å²) in [6.07, 6.45) is 0. The van der Waals surface area contributed by atoms with Crippen molar-refractivity contribution in [3.8, 4) is 27.9 Å². The third-order valence-electron chi connectivity index (χ3n) is 12.0. The van der Waals surface area contributed by atoms with Gasteiger partial charge in [0.15, 0.2) is 0 Å². The number of hydrogen-bond acceptors (Lipinski definition) is 2. The molecule has 59 heavy (non-hydrogen) atoms. The molecule has 2 nitrogen and oxygen atoms in total. The summed E-state index contributed by atoms with van der Waals surface area (Å²) < 4.78 is 5.04. The number of fused-ring (bicyclic) bond motifs is 9. The fourth-order valence-electron chi connectivity index (χ4n) is 9.19. The van der Waals surface area contributed by atoms with Crippen LogP contribution in [-0.4, -0.2) is 4.57 Å². The van der Waals surface area contributed by atoms with E-state index in [9.17, 15) is 0 Å². The molecule has 0 radical (unpaired) electrons. The molecule has 0 N–H and O–H groups in total. The van der Waals surface area contributed by atoms with E-state index in [1.54, 1.807) is 0 Å². The Morgan fingerprint density at radius 2 is 0.932 bits per heavy atom. The highest BCUT2D eigenvalue weighted by molar-refractivity contribution is 7.25. The first-order valence-corrected chi connectivity index (χ1v) is 21.0. The van der Waals surface area contributed by atoms with Crippen LogP contribution in [0.5, 0.6) is 0 Å². The highest BCUT2D eigenvalue weighted by Gasteiger charge is 2.18. The second kappa shape index (κ2) is 13.6. The van der Waals surface area contributed by atoms with Crippen molar-refractivity contribution in [3.05, 3.63) is 218 Å². The maximum atomic E-state index is 2.40. The highest BCUT2D eigenvalue weighted by Crippen LogP contribution is 2.43. The predicted octanol–water partition coefficient (Wildman–Crippen LogP) is 16.3. The monoisotopic (exact) mass is 768 g/mol. The number of nitrogens with zero attached hydrogens (tertiary/aromatic N) is 2. The first-order valence-electron chi connectivity index (χ1n) is 20.2. The van der Waals surface area contributed by atoms with Gasteiger partial charge in [0.25, 0.3) is 0 Å². The van der Waals surface area contributed by atoms with Gasteiger partial charge in [0, 0.05) is 53.7 Å². The van der Waals surface area contributed by atoms with E-state index in [0.29, 0.717) is 0 Å². The molecule has 0 atom stereocenters. The van der Waals surface area contributed by atoms with Crippen LogP contribution in [0.2, 0.25) is 0 Å². The van der Waals surface area contributed by atoms with E-state index in [-0.39, 0.29) is 0 Å². The average molecular weight is 769 g/mol. The Morgan fingerprint density at radius 1 is 0.339 bits per heavy atom. The summed E-state index contributed by atoms with van der Waals surface area (Å²) in [5.41, 5.74) is 11.7. The van der Waals surface area contributed by atoms with Gasteiger partial charge in [-0.05, 0) is 123 Å². The molecule has 12 rings (SSSR count). The summed E-state index contributed by atoms with van der Waals surface area (Å²) in [4.78, 5) is 2.40. The number of rotatable bonds is 6. The predicted molar refractivity (Wildman–Crippen MR) is 254 cm³/mol. The number of benzene rings is 10. The first kappa shape index (κ1) is 33.7. The minimum absolute atomic E-state index is 1.10. The molecular weight excluding hydrogens is 733 g/mol. The molecule has 10 aromatic carbocycles. The summed E-state index contributed by atoms with van der Waals surface area (Å²) in [5.74, 6) is 0. The van der Waals surface area contributed by atoms with E-state index in [4.69, 9.17) is 0 Å². The SMILES string of the molecule is c1ccc(-n2c3ccccc3c3c(-c4ccc(N(c5ccc(-c6ccc7sc8ccccc8c7c6)cc5)c5ccc6ccc7ccccc7c6c5)cc4)cccc32)cc1. The molecule has 0 saturated carbocycles. The average Bonchev–Trinajstić information content (AvgIpc) is 3.85. The second-order valence-electron chi connectivity index (χ2n) is 15.3. The molecule has 2 aromatic heterocycles. The Hall–Kier alpha value is -7.46. The van der Waals surface area contributed by atoms with Crippen LogP contribution < -0.4 is 4.90 Å². The van der Waals surface area contributed by atoms with Crippen LogP contribution >= 0.6 is 11.3 Å². The van der Waals surface area contributed by atoms with Gasteiger partial charge in [-0.3, -0.25) is 0 Å². The van der Waals surface area contributed by atoms with Gasteiger partial charge in [-0.1, -0.05) is 140 Å². The Kier molecular flexibility index (Phi) is 7.75. The third-order valence-corrected chi connectivity index (χ3v) is 13.1. The Bertz CT molecular complexity index is 3540. The molecule has 2 heterocycles. The van der Waals surface area contributed by atoms with Crippen molar-refractivity contribution in [1.82, 2.24) is 4.57 Å². The summed E-state index contributed by atoms with van der Waals surface area (Å²) in [5, 5.41) is 10.1. The van der Waals surface area contributed by atoms with Gasteiger partial charge >= 0.3 is 0 Å². The molecule has 3 heteroatoms. The maximum Gasteiger partial charge on any atom is 0.0547 e. The summed E-state index contributed by atoms with van der Waals surface area (Å²) >= 11 is 1.86. The lowest BCUT2D eigenvalue weighted by Crippen LogP contribution is -2.09. The Balaban J connectivity index is 0.989. The van der Waals surface area contributed by atoms with Crippen molar-refractivity contribution in [3.63, 3.8) is 0 Å². The number of thiophene rings is 1. The lowest BCUT2D eigenvalue weighted by molar-refractivity contribution is 1.18. The molecule has 0 fully saturated rings. The summed E-state index contributed by atoms with van der Waals surface area (Å²) in [6.45, 7) is 0. The third kappa shape index (κ3) is 5.55. The van der Waals surface area contributed by atoms with Crippen LogP contribution in [0.15, 0.2) is 218 Å². The Labute approximate surface area is 346 Å². The van der Waals surface area contributed by atoms with Gasteiger partial charge in [0.1, 0.15) is 0 Å². The van der Waals surface area contributed by atoms with E-state index >= 15 is 0 Å². The topological polar surface area (TPSA) is 8.17 Å². The second-order valence-corrected chi connectivity index (χ2v) is 16.4. The molecule has 276 valence electrons. The summed E-state index contributed by atoms with van der Waals surface area (Å²) in [6, 6.07) is 80.0. The van der Waals surface area contributed by atoms with Crippen molar-refractivity contribution in [2.45, 2.75) is 0 Å². The van der Waals surface area contributed by atoms with Gasteiger partial charge in [-0.25, -0.2) is 0 Å². The molecule has 12 aromatic rings. The van der Waals surface area contributed by atoms with Crippen molar-refractivity contribution in [2.24, 2.45) is 0 Å². The number of aromatic nitrogens is 1. The van der Waals surface area contributed by atoms with E-state index < -0.39 is 0 Å².